The van der Waals surface area contributed by atoms with Crippen LogP contribution in [0.5, 0.6) is 5.75 Å². The number of benzene rings is 1. The van der Waals surface area contributed by atoms with Crippen LogP contribution in [0.25, 0.3) is 0 Å². The second-order valence-corrected chi connectivity index (χ2v) is 5.09. The Kier molecular flexibility index (Phi) is 3.52. The van der Waals surface area contributed by atoms with Crippen LogP contribution < -0.4 is 15.4 Å². The standard InChI is InChI=1S/C13H18N2OS/c1-9-3-4-12-11(7-9)15(6-5-13(14)17)8-10(2)16-12/h3-4,7,10H,5-6,8H2,1-2H3,(H2,14,17). The number of hydrogen-bond acceptors (Lipinski definition) is 3. The molecule has 0 aromatic heterocycles. The van der Waals surface area contributed by atoms with Gasteiger partial charge in [0.1, 0.15) is 11.9 Å². The third-order valence-electron chi connectivity index (χ3n) is 2.89. The molecule has 17 heavy (non-hydrogen) atoms. The molecule has 1 aromatic rings. The fraction of sp³-hybridized carbons (Fsp3) is 0.462. The van der Waals surface area contributed by atoms with E-state index < -0.39 is 0 Å². The van der Waals surface area contributed by atoms with Crippen molar-refractivity contribution < 1.29 is 4.74 Å². The van der Waals surface area contributed by atoms with Gasteiger partial charge in [-0.1, -0.05) is 18.3 Å². The van der Waals surface area contributed by atoms with Crippen LogP contribution in [-0.2, 0) is 0 Å². The highest BCUT2D eigenvalue weighted by atomic mass is 32.1. The van der Waals surface area contributed by atoms with Crippen molar-refractivity contribution in [2.45, 2.75) is 26.4 Å². The van der Waals surface area contributed by atoms with E-state index in [2.05, 4.69) is 30.9 Å². The van der Waals surface area contributed by atoms with E-state index >= 15 is 0 Å². The maximum absolute atomic E-state index is 5.82. The molecule has 3 nitrogen and oxygen atoms in total. The minimum absolute atomic E-state index is 0.205. The van der Waals surface area contributed by atoms with Gasteiger partial charge in [0, 0.05) is 13.0 Å². The minimum atomic E-state index is 0.205. The lowest BCUT2D eigenvalue weighted by Gasteiger charge is -2.35. The molecule has 0 radical (unpaired) electrons. The molecule has 1 atom stereocenters. The Morgan fingerprint density at radius 2 is 2.35 bits per heavy atom. The minimum Gasteiger partial charge on any atom is -0.487 e. The summed E-state index contributed by atoms with van der Waals surface area (Å²) in [6, 6.07) is 6.26. The number of anilines is 1. The average molecular weight is 250 g/mol. The van der Waals surface area contributed by atoms with Gasteiger partial charge in [-0.05, 0) is 31.5 Å². The number of nitrogens with two attached hydrogens (primary N) is 1. The molecule has 1 heterocycles. The van der Waals surface area contributed by atoms with E-state index in [1.54, 1.807) is 0 Å². The third kappa shape index (κ3) is 2.88. The number of ether oxygens (including phenoxy) is 1. The van der Waals surface area contributed by atoms with Gasteiger partial charge in [0.25, 0.3) is 0 Å². The average Bonchev–Trinajstić information content (AvgIpc) is 2.26. The Balaban J connectivity index is 2.23. The van der Waals surface area contributed by atoms with Crippen molar-refractivity contribution in [2.75, 3.05) is 18.0 Å². The first-order valence-electron chi connectivity index (χ1n) is 5.87. The predicted molar refractivity (Wildman–Crippen MR) is 74.9 cm³/mol. The van der Waals surface area contributed by atoms with E-state index in [0.29, 0.717) is 4.99 Å². The lowest BCUT2D eigenvalue weighted by atomic mass is 10.1. The quantitative estimate of drug-likeness (QED) is 0.835. The number of hydrogen-bond donors (Lipinski definition) is 1. The summed E-state index contributed by atoms with van der Waals surface area (Å²) in [4.78, 5) is 2.87. The zero-order chi connectivity index (χ0) is 12.4. The van der Waals surface area contributed by atoms with Gasteiger partial charge >= 0.3 is 0 Å². The van der Waals surface area contributed by atoms with Crippen molar-refractivity contribution >= 4 is 22.9 Å². The fourth-order valence-corrected chi connectivity index (χ4v) is 2.19. The maximum Gasteiger partial charge on any atom is 0.143 e. The summed E-state index contributed by atoms with van der Waals surface area (Å²) in [6.07, 6.45) is 0.951. The third-order valence-corrected chi connectivity index (χ3v) is 3.09. The van der Waals surface area contributed by atoms with Crippen LogP contribution in [0.4, 0.5) is 5.69 Å². The molecule has 1 aliphatic heterocycles. The van der Waals surface area contributed by atoms with Crippen molar-refractivity contribution in [1.29, 1.82) is 0 Å². The summed E-state index contributed by atoms with van der Waals surface area (Å²) in [5, 5.41) is 0. The summed E-state index contributed by atoms with van der Waals surface area (Å²) < 4.78 is 5.82. The number of thiocarbonyl (C=S) groups is 1. The van der Waals surface area contributed by atoms with Crippen LogP contribution in [-0.4, -0.2) is 24.2 Å². The molecule has 0 aliphatic carbocycles. The zero-order valence-corrected chi connectivity index (χ0v) is 11.1. The van der Waals surface area contributed by atoms with Gasteiger partial charge in [0.15, 0.2) is 0 Å². The highest BCUT2D eigenvalue weighted by molar-refractivity contribution is 7.80. The van der Waals surface area contributed by atoms with Gasteiger partial charge in [0.2, 0.25) is 0 Å². The van der Waals surface area contributed by atoms with Gasteiger partial charge in [-0.25, -0.2) is 0 Å². The smallest absolute Gasteiger partial charge is 0.143 e. The summed E-state index contributed by atoms with van der Waals surface area (Å²) in [6.45, 7) is 5.92. The van der Waals surface area contributed by atoms with Gasteiger partial charge in [0.05, 0.1) is 17.2 Å². The Bertz CT molecular complexity index is 433. The Morgan fingerprint density at radius 1 is 1.59 bits per heavy atom. The first-order chi connectivity index (χ1) is 8.06. The van der Waals surface area contributed by atoms with Crippen molar-refractivity contribution in [1.82, 2.24) is 0 Å². The summed E-state index contributed by atoms with van der Waals surface area (Å²) in [5.41, 5.74) is 7.96. The molecule has 0 bridgehead atoms. The van der Waals surface area contributed by atoms with E-state index in [0.717, 1.165) is 30.9 Å². The second kappa shape index (κ2) is 4.92. The van der Waals surface area contributed by atoms with Crippen LogP contribution in [0.1, 0.15) is 18.9 Å². The number of fused-ring (bicyclic) bond motifs is 1. The molecule has 4 heteroatoms. The maximum atomic E-state index is 5.82. The summed E-state index contributed by atoms with van der Waals surface area (Å²) in [5.74, 6) is 0.956. The molecule has 1 aliphatic rings. The van der Waals surface area contributed by atoms with Crippen molar-refractivity contribution in [3.63, 3.8) is 0 Å². The molecule has 0 spiro atoms. The molecule has 2 N–H and O–H groups in total. The molecule has 2 rings (SSSR count). The van der Waals surface area contributed by atoms with E-state index in [1.807, 2.05) is 6.07 Å². The first-order valence-corrected chi connectivity index (χ1v) is 6.27. The van der Waals surface area contributed by atoms with Crippen LogP contribution >= 0.6 is 12.2 Å². The predicted octanol–water partition coefficient (Wildman–Crippen LogP) is 2.26. The SMILES string of the molecule is Cc1ccc2c(c1)N(CCC(N)=S)CC(C)O2. The highest BCUT2D eigenvalue weighted by Gasteiger charge is 2.22. The lowest BCUT2D eigenvalue weighted by molar-refractivity contribution is 0.213. The molecule has 0 amide bonds. The van der Waals surface area contributed by atoms with Crippen molar-refractivity contribution in [3.05, 3.63) is 23.8 Å². The topological polar surface area (TPSA) is 38.5 Å². The number of rotatable bonds is 3. The van der Waals surface area contributed by atoms with Gasteiger partial charge in [-0.15, -0.1) is 0 Å². The molecule has 1 unspecified atom stereocenters. The molecule has 0 saturated carbocycles. The summed E-state index contributed by atoms with van der Waals surface area (Å²) in [7, 11) is 0. The van der Waals surface area contributed by atoms with E-state index in [-0.39, 0.29) is 6.10 Å². The van der Waals surface area contributed by atoms with E-state index in [4.69, 9.17) is 22.7 Å². The van der Waals surface area contributed by atoms with Gasteiger partial charge < -0.3 is 15.4 Å². The first kappa shape index (κ1) is 12.2. The number of aryl methyl sites for hydroxylation is 1. The molecule has 92 valence electrons. The Hall–Kier alpha value is -1.29. The fourth-order valence-electron chi connectivity index (χ4n) is 2.09. The second-order valence-electron chi connectivity index (χ2n) is 4.56. The zero-order valence-electron chi connectivity index (χ0n) is 10.3. The molecular weight excluding hydrogens is 232 g/mol. The Morgan fingerprint density at radius 3 is 3.06 bits per heavy atom. The normalized spacial score (nSPS) is 18.5. The Labute approximate surface area is 108 Å². The van der Waals surface area contributed by atoms with Crippen LogP contribution in [0.15, 0.2) is 18.2 Å². The molecular formula is C13H18N2OS. The van der Waals surface area contributed by atoms with Gasteiger partial charge in [-0.2, -0.15) is 0 Å². The highest BCUT2D eigenvalue weighted by Crippen LogP contribution is 2.34. The van der Waals surface area contributed by atoms with Crippen molar-refractivity contribution in [3.8, 4) is 5.75 Å². The molecule has 1 aromatic carbocycles. The number of nitrogens with zero attached hydrogens (tertiary/aromatic N) is 1. The summed E-state index contributed by atoms with van der Waals surface area (Å²) >= 11 is 4.94. The van der Waals surface area contributed by atoms with Crippen molar-refractivity contribution in [2.24, 2.45) is 5.73 Å². The van der Waals surface area contributed by atoms with E-state index in [9.17, 15) is 0 Å². The van der Waals surface area contributed by atoms with Gasteiger partial charge in [-0.3, -0.25) is 0 Å². The molecule has 0 fully saturated rings. The lowest BCUT2D eigenvalue weighted by Crippen LogP contribution is -2.39. The largest absolute Gasteiger partial charge is 0.487 e. The van der Waals surface area contributed by atoms with Crippen LogP contribution in [0.3, 0.4) is 0 Å². The monoisotopic (exact) mass is 250 g/mol. The van der Waals surface area contributed by atoms with E-state index in [1.165, 1.54) is 5.56 Å². The van der Waals surface area contributed by atoms with Crippen LogP contribution in [0.2, 0.25) is 0 Å². The molecule has 0 saturated heterocycles. The van der Waals surface area contributed by atoms with Crippen LogP contribution in [0, 0.1) is 6.92 Å².